The maximum absolute atomic E-state index is 12.7. The number of nitrogens with one attached hydrogen (secondary N) is 2. The van der Waals surface area contributed by atoms with E-state index in [1.54, 1.807) is 30.0 Å². The summed E-state index contributed by atoms with van der Waals surface area (Å²) in [6.07, 6.45) is 2.98. The molecule has 10 nitrogen and oxygen atoms in total. The van der Waals surface area contributed by atoms with Crippen molar-refractivity contribution in [3.63, 3.8) is 0 Å². The molecular formula is C20H24N4O6. The maximum Gasteiger partial charge on any atom is 0.356 e. The highest BCUT2D eigenvalue weighted by Gasteiger charge is 2.27. The number of esters is 1. The fourth-order valence-electron chi connectivity index (χ4n) is 3.05. The van der Waals surface area contributed by atoms with E-state index in [9.17, 15) is 14.7 Å². The molecule has 1 atom stereocenters. The molecule has 0 spiro atoms. The second kappa shape index (κ2) is 9.42. The Morgan fingerprint density at radius 3 is 2.80 bits per heavy atom. The molecule has 160 valence electrons. The van der Waals surface area contributed by atoms with Crippen molar-refractivity contribution in [2.24, 2.45) is 0 Å². The van der Waals surface area contributed by atoms with Gasteiger partial charge in [-0.15, -0.1) is 0 Å². The van der Waals surface area contributed by atoms with Gasteiger partial charge >= 0.3 is 5.97 Å². The van der Waals surface area contributed by atoms with Gasteiger partial charge in [0.25, 0.3) is 5.91 Å². The molecule has 3 aromatic heterocycles. The monoisotopic (exact) mass is 416 g/mol. The van der Waals surface area contributed by atoms with Crippen LogP contribution in [0.5, 0.6) is 0 Å². The zero-order valence-electron chi connectivity index (χ0n) is 17.0. The molecule has 0 aliphatic heterocycles. The van der Waals surface area contributed by atoms with E-state index in [0.717, 1.165) is 0 Å². The lowest BCUT2D eigenvalue weighted by molar-refractivity contribution is 0.0588. The molecule has 0 saturated heterocycles. The largest absolute Gasteiger partial charge is 0.464 e. The van der Waals surface area contributed by atoms with Crippen LogP contribution >= 0.6 is 0 Å². The maximum atomic E-state index is 12.7. The molecule has 0 fully saturated rings. The number of ether oxygens (including phenoxy) is 2. The first-order valence-corrected chi connectivity index (χ1v) is 9.31. The fraction of sp³-hybridized carbons (Fsp3) is 0.350. The van der Waals surface area contributed by atoms with Gasteiger partial charge in [0.15, 0.2) is 11.5 Å². The SMILES string of the molecule is COCCn1c(C(=O)OC)c(NC(=O)c2ccco2)c2cc(NC(C)CO)cnc21. The number of amides is 1. The number of carbonyl (C=O) groups is 2. The van der Waals surface area contributed by atoms with Crippen LogP contribution in [0.15, 0.2) is 35.1 Å². The summed E-state index contributed by atoms with van der Waals surface area (Å²) in [6.45, 7) is 2.39. The molecule has 0 saturated carbocycles. The molecule has 0 aromatic carbocycles. The van der Waals surface area contributed by atoms with Gasteiger partial charge in [0, 0.05) is 25.1 Å². The van der Waals surface area contributed by atoms with E-state index in [-0.39, 0.29) is 29.8 Å². The van der Waals surface area contributed by atoms with E-state index in [1.807, 2.05) is 6.92 Å². The van der Waals surface area contributed by atoms with Crippen LogP contribution in [0.1, 0.15) is 28.0 Å². The van der Waals surface area contributed by atoms with E-state index in [4.69, 9.17) is 13.9 Å². The van der Waals surface area contributed by atoms with Gasteiger partial charge in [-0.2, -0.15) is 0 Å². The van der Waals surface area contributed by atoms with Gasteiger partial charge in [-0.25, -0.2) is 9.78 Å². The Hall–Kier alpha value is -3.37. The average Bonchev–Trinajstić information content (AvgIpc) is 3.39. The normalized spacial score (nSPS) is 12.0. The molecule has 1 unspecified atom stereocenters. The molecule has 0 bridgehead atoms. The number of carbonyl (C=O) groups excluding carboxylic acids is 2. The number of aromatic nitrogens is 2. The van der Waals surface area contributed by atoms with Gasteiger partial charge in [0.05, 0.1) is 44.2 Å². The molecule has 3 aromatic rings. The van der Waals surface area contributed by atoms with E-state index < -0.39 is 11.9 Å². The number of hydrogen-bond acceptors (Lipinski definition) is 8. The Labute approximate surface area is 172 Å². The Bertz CT molecular complexity index is 1030. The molecule has 0 radical (unpaired) electrons. The van der Waals surface area contributed by atoms with Gasteiger partial charge < -0.3 is 34.2 Å². The zero-order chi connectivity index (χ0) is 21.7. The van der Waals surface area contributed by atoms with Gasteiger partial charge in [-0.1, -0.05) is 0 Å². The number of methoxy groups -OCH3 is 2. The fourth-order valence-corrected chi connectivity index (χ4v) is 3.05. The summed E-state index contributed by atoms with van der Waals surface area (Å²) in [6, 6.07) is 4.66. The lowest BCUT2D eigenvalue weighted by atomic mass is 10.2. The van der Waals surface area contributed by atoms with Crippen molar-refractivity contribution in [1.82, 2.24) is 9.55 Å². The quantitative estimate of drug-likeness (QED) is 0.453. The number of anilines is 2. The minimum atomic E-state index is -0.628. The number of aliphatic hydroxyl groups is 1. The number of furan rings is 1. The van der Waals surface area contributed by atoms with Crippen LogP contribution in [0.4, 0.5) is 11.4 Å². The summed E-state index contributed by atoms with van der Waals surface area (Å²) in [5.74, 6) is -1.05. The molecule has 10 heteroatoms. The summed E-state index contributed by atoms with van der Waals surface area (Å²) in [4.78, 5) is 29.8. The zero-order valence-corrected chi connectivity index (χ0v) is 17.0. The summed E-state index contributed by atoms with van der Waals surface area (Å²) in [7, 11) is 2.82. The number of hydrogen-bond donors (Lipinski definition) is 3. The van der Waals surface area contributed by atoms with Gasteiger partial charge in [0.2, 0.25) is 0 Å². The van der Waals surface area contributed by atoms with Gasteiger partial charge in [-0.05, 0) is 25.1 Å². The smallest absolute Gasteiger partial charge is 0.356 e. The first-order valence-electron chi connectivity index (χ1n) is 9.31. The van der Waals surface area contributed by atoms with Crippen LogP contribution in [-0.4, -0.2) is 60.0 Å². The summed E-state index contributed by atoms with van der Waals surface area (Å²) < 4.78 is 16.9. The Balaban J connectivity index is 2.17. The van der Waals surface area contributed by atoms with Crippen molar-refractivity contribution in [3.05, 3.63) is 42.1 Å². The van der Waals surface area contributed by atoms with Gasteiger partial charge in [-0.3, -0.25) is 4.79 Å². The third-order valence-electron chi connectivity index (χ3n) is 4.47. The molecule has 0 aliphatic carbocycles. The number of aliphatic hydroxyl groups excluding tert-OH is 1. The Morgan fingerprint density at radius 2 is 2.17 bits per heavy atom. The van der Waals surface area contributed by atoms with Crippen molar-refractivity contribution < 1.29 is 28.6 Å². The van der Waals surface area contributed by atoms with E-state index in [1.165, 1.54) is 19.4 Å². The second-order valence-corrected chi connectivity index (χ2v) is 6.61. The third-order valence-corrected chi connectivity index (χ3v) is 4.47. The van der Waals surface area contributed by atoms with E-state index in [0.29, 0.717) is 29.9 Å². The van der Waals surface area contributed by atoms with Crippen LogP contribution < -0.4 is 10.6 Å². The first-order chi connectivity index (χ1) is 14.5. The van der Waals surface area contributed by atoms with Crippen LogP contribution in [0.3, 0.4) is 0 Å². The molecule has 3 N–H and O–H groups in total. The van der Waals surface area contributed by atoms with Crippen molar-refractivity contribution >= 4 is 34.3 Å². The van der Waals surface area contributed by atoms with E-state index in [2.05, 4.69) is 15.6 Å². The highest BCUT2D eigenvalue weighted by atomic mass is 16.5. The van der Waals surface area contributed by atoms with Crippen LogP contribution in [0.25, 0.3) is 11.0 Å². The van der Waals surface area contributed by atoms with Crippen molar-refractivity contribution in [3.8, 4) is 0 Å². The van der Waals surface area contributed by atoms with Gasteiger partial charge in [0.1, 0.15) is 5.65 Å². The van der Waals surface area contributed by atoms with Crippen molar-refractivity contribution in [2.45, 2.75) is 19.5 Å². The Morgan fingerprint density at radius 1 is 1.37 bits per heavy atom. The minimum Gasteiger partial charge on any atom is -0.464 e. The number of pyridine rings is 1. The highest BCUT2D eigenvalue weighted by Crippen LogP contribution is 2.33. The summed E-state index contributed by atoms with van der Waals surface area (Å²) >= 11 is 0. The topological polar surface area (TPSA) is 128 Å². The van der Waals surface area contributed by atoms with Crippen molar-refractivity contribution in [2.75, 3.05) is 38.1 Å². The average molecular weight is 416 g/mol. The minimum absolute atomic E-state index is 0.0671. The molecule has 30 heavy (non-hydrogen) atoms. The van der Waals surface area contributed by atoms with E-state index >= 15 is 0 Å². The first kappa shape index (κ1) is 21.3. The standard InChI is InChI=1S/C20H24N4O6/c1-12(11-25)22-13-9-14-16(23-19(26)15-5-4-7-30-15)17(20(27)29-3)24(6-8-28-2)18(14)21-10-13/h4-5,7,9-10,12,22,25H,6,8,11H2,1-3H3,(H,23,26). The Kier molecular flexibility index (Phi) is 6.70. The summed E-state index contributed by atoms with van der Waals surface area (Å²) in [5.41, 5.74) is 1.49. The summed E-state index contributed by atoms with van der Waals surface area (Å²) in [5, 5.41) is 15.7. The lowest BCUT2D eigenvalue weighted by Crippen LogP contribution is -2.19. The molecule has 0 aliphatic rings. The van der Waals surface area contributed by atoms with Crippen LogP contribution in [0, 0.1) is 0 Å². The van der Waals surface area contributed by atoms with Crippen LogP contribution in [0.2, 0.25) is 0 Å². The molecule has 3 heterocycles. The van der Waals surface area contributed by atoms with Crippen LogP contribution in [-0.2, 0) is 16.0 Å². The predicted octanol–water partition coefficient (Wildman–Crippen LogP) is 2.11. The number of nitrogens with zero attached hydrogens (tertiary/aromatic N) is 2. The van der Waals surface area contributed by atoms with Crippen molar-refractivity contribution in [1.29, 1.82) is 0 Å². The molecule has 3 rings (SSSR count). The number of fused-ring (bicyclic) bond motifs is 1. The second-order valence-electron chi connectivity index (χ2n) is 6.61. The number of rotatable bonds is 9. The molecule has 1 amide bonds. The highest BCUT2D eigenvalue weighted by molar-refractivity contribution is 6.14. The third kappa shape index (κ3) is 4.29. The lowest BCUT2D eigenvalue weighted by Gasteiger charge is -2.12. The predicted molar refractivity (Wildman–Crippen MR) is 110 cm³/mol. The molecular weight excluding hydrogens is 392 g/mol.